The van der Waals surface area contributed by atoms with Crippen LogP contribution < -0.4 is 0 Å². The van der Waals surface area contributed by atoms with Crippen molar-refractivity contribution in [2.24, 2.45) is 0 Å². The highest BCUT2D eigenvalue weighted by molar-refractivity contribution is 6.31. The normalized spacial score (nSPS) is 10.9. The lowest BCUT2D eigenvalue weighted by Crippen LogP contribution is -1.96. The van der Waals surface area contributed by atoms with Gasteiger partial charge in [0.15, 0.2) is 0 Å². The van der Waals surface area contributed by atoms with Gasteiger partial charge >= 0.3 is 5.97 Å². The smallest absolute Gasteiger partial charge is 0.335 e. The van der Waals surface area contributed by atoms with E-state index in [1.807, 2.05) is 0 Å². The summed E-state index contributed by atoms with van der Waals surface area (Å²) in [5.74, 6) is -1.21. The summed E-state index contributed by atoms with van der Waals surface area (Å²) < 4.78 is 24.3. The summed E-state index contributed by atoms with van der Waals surface area (Å²) in [6.07, 6.45) is 1.39. The molecular formula is C19H11ClFN3O4. The molecule has 1 N–H and O–H groups in total. The fourth-order valence-electron chi connectivity index (χ4n) is 2.67. The third kappa shape index (κ3) is 3.37. The lowest BCUT2D eigenvalue weighted by Gasteiger charge is -2.03. The van der Waals surface area contributed by atoms with Crippen molar-refractivity contribution in [3.63, 3.8) is 0 Å². The molecular weight excluding hydrogens is 389 g/mol. The van der Waals surface area contributed by atoms with Crippen molar-refractivity contribution in [1.29, 1.82) is 0 Å². The monoisotopic (exact) mass is 399 g/mol. The Labute approximate surface area is 162 Å². The van der Waals surface area contributed by atoms with E-state index in [1.54, 1.807) is 18.2 Å². The summed E-state index contributed by atoms with van der Waals surface area (Å²) in [5, 5.41) is 17.1. The molecule has 0 aliphatic heterocycles. The van der Waals surface area contributed by atoms with E-state index >= 15 is 0 Å². The highest BCUT2D eigenvalue weighted by atomic mass is 35.5. The van der Waals surface area contributed by atoms with E-state index in [-0.39, 0.29) is 34.3 Å². The molecule has 0 amide bonds. The number of carbonyl (C=O) groups is 1. The summed E-state index contributed by atoms with van der Waals surface area (Å²) in [6, 6.07) is 10.5. The van der Waals surface area contributed by atoms with E-state index in [9.17, 15) is 9.18 Å². The molecule has 0 radical (unpaired) electrons. The maximum absolute atomic E-state index is 14.1. The number of halogens is 2. The molecule has 0 saturated carbocycles. The highest BCUT2D eigenvalue weighted by Crippen LogP contribution is 2.29. The van der Waals surface area contributed by atoms with Gasteiger partial charge in [-0.15, -0.1) is 0 Å². The standard InChI is InChI=1S/C19H11ClFN3O4/c20-14-5-2-6-15(21)12(14)8-16-13(9-27-23-16)18-22-17(24-28-18)10-3-1-4-11(7-10)19(25)26/h1-7,9H,8H2,(H,25,26). The van der Waals surface area contributed by atoms with Crippen molar-refractivity contribution in [3.05, 3.63) is 76.4 Å². The Balaban J connectivity index is 1.67. The fourth-order valence-corrected chi connectivity index (χ4v) is 2.90. The van der Waals surface area contributed by atoms with Gasteiger partial charge in [0.1, 0.15) is 23.3 Å². The van der Waals surface area contributed by atoms with E-state index in [0.717, 1.165) is 0 Å². The van der Waals surface area contributed by atoms with Crippen LogP contribution in [0.15, 0.2) is 57.8 Å². The van der Waals surface area contributed by atoms with E-state index in [4.69, 9.17) is 25.8 Å². The van der Waals surface area contributed by atoms with Crippen molar-refractivity contribution in [2.75, 3.05) is 0 Å². The zero-order valence-corrected chi connectivity index (χ0v) is 14.9. The second kappa shape index (κ2) is 7.24. The third-order valence-electron chi connectivity index (χ3n) is 4.07. The number of nitrogens with zero attached hydrogens (tertiary/aromatic N) is 3. The second-order valence-electron chi connectivity index (χ2n) is 5.86. The maximum Gasteiger partial charge on any atom is 0.335 e. The summed E-state index contributed by atoms with van der Waals surface area (Å²) >= 11 is 6.07. The van der Waals surface area contributed by atoms with Gasteiger partial charge in [-0.2, -0.15) is 4.98 Å². The molecule has 9 heteroatoms. The molecule has 0 fully saturated rings. The molecule has 0 spiro atoms. The first kappa shape index (κ1) is 17.9. The van der Waals surface area contributed by atoms with Gasteiger partial charge < -0.3 is 14.2 Å². The molecule has 0 aliphatic rings. The van der Waals surface area contributed by atoms with Crippen molar-refractivity contribution < 1.29 is 23.3 Å². The number of aromatic carboxylic acids is 1. The number of carboxylic acid groups (broad SMARTS) is 1. The van der Waals surface area contributed by atoms with Gasteiger partial charge in [0.25, 0.3) is 5.89 Å². The third-order valence-corrected chi connectivity index (χ3v) is 4.43. The minimum atomic E-state index is -1.06. The van der Waals surface area contributed by atoms with Crippen LogP contribution in [-0.2, 0) is 6.42 Å². The van der Waals surface area contributed by atoms with E-state index in [2.05, 4.69) is 15.3 Å². The van der Waals surface area contributed by atoms with Gasteiger partial charge in [0.05, 0.1) is 5.56 Å². The summed E-state index contributed by atoms with van der Waals surface area (Å²) in [6.45, 7) is 0. The maximum atomic E-state index is 14.1. The van der Waals surface area contributed by atoms with Crippen LogP contribution in [0.5, 0.6) is 0 Å². The van der Waals surface area contributed by atoms with Gasteiger partial charge in [0, 0.05) is 22.6 Å². The van der Waals surface area contributed by atoms with Crippen molar-refractivity contribution in [3.8, 4) is 22.8 Å². The number of rotatable bonds is 5. The molecule has 0 atom stereocenters. The van der Waals surface area contributed by atoms with Crippen LogP contribution in [0.2, 0.25) is 5.02 Å². The summed E-state index contributed by atoms with van der Waals surface area (Å²) in [5.41, 5.74) is 1.62. The number of benzene rings is 2. The van der Waals surface area contributed by atoms with Crippen molar-refractivity contribution >= 4 is 17.6 Å². The van der Waals surface area contributed by atoms with Gasteiger partial charge in [-0.05, 0) is 24.3 Å². The fraction of sp³-hybridized carbons (Fsp3) is 0.0526. The Morgan fingerprint density at radius 2 is 2.00 bits per heavy atom. The molecule has 7 nitrogen and oxygen atoms in total. The number of hydrogen-bond acceptors (Lipinski definition) is 6. The largest absolute Gasteiger partial charge is 0.478 e. The molecule has 2 aromatic carbocycles. The summed E-state index contributed by atoms with van der Waals surface area (Å²) in [4.78, 5) is 15.4. The van der Waals surface area contributed by atoms with Crippen molar-refractivity contribution in [1.82, 2.24) is 15.3 Å². The lowest BCUT2D eigenvalue weighted by molar-refractivity contribution is 0.0697. The molecule has 2 heterocycles. The van der Waals surface area contributed by atoms with Gasteiger partial charge in [-0.3, -0.25) is 0 Å². The molecule has 4 aromatic rings. The van der Waals surface area contributed by atoms with Crippen LogP contribution >= 0.6 is 11.6 Å². The molecule has 28 heavy (non-hydrogen) atoms. The predicted molar refractivity (Wildman–Crippen MR) is 96.4 cm³/mol. The van der Waals surface area contributed by atoms with Crippen LogP contribution in [-0.4, -0.2) is 26.4 Å². The first-order valence-electron chi connectivity index (χ1n) is 8.07. The Hall–Kier alpha value is -3.52. The number of aromatic nitrogens is 3. The predicted octanol–water partition coefficient (Wildman–Crippen LogP) is 4.47. The van der Waals surface area contributed by atoms with E-state index in [1.165, 1.54) is 30.5 Å². The quantitative estimate of drug-likeness (QED) is 0.528. The first-order valence-corrected chi connectivity index (χ1v) is 8.44. The molecule has 0 saturated heterocycles. The van der Waals surface area contributed by atoms with Gasteiger partial charge in [-0.1, -0.05) is 40.1 Å². The minimum absolute atomic E-state index is 0.0730. The zero-order valence-electron chi connectivity index (χ0n) is 14.1. The topological polar surface area (TPSA) is 102 Å². The van der Waals surface area contributed by atoms with Crippen LogP contribution in [0.1, 0.15) is 21.6 Å². The second-order valence-corrected chi connectivity index (χ2v) is 6.27. The van der Waals surface area contributed by atoms with Gasteiger partial charge in [0.2, 0.25) is 5.82 Å². The molecule has 0 unspecified atom stereocenters. The van der Waals surface area contributed by atoms with E-state index in [0.29, 0.717) is 16.8 Å². The highest BCUT2D eigenvalue weighted by Gasteiger charge is 2.20. The average molecular weight is 400 g/mol. The van der Waals surface area contributed by atoms with Gasteiger partial charge in [-0.25, -0.2) is 9.18 Å². The Bertz CT molecular complexity index is 1150. The SMILES string of the molecule is O=C(O)c1cccc(-c2noc(-c3conc3Cc3c(F)cccc3Cl)n2)c1. The Kier molecular flexibility index (Phi) is 4.62. The molecule has 140 valence electrons. The van der Waals surface area contributed by atoms with Crippen LogP contribution in [0.3, 0.4) is 0 Å². The minimum Gasteiger partial charge on any atom is -0.478 e. The lowest BCUT2D eigenvalue weighted by atomic mass is 10.1. The molecule has 0 aliphatic carbocycles. The Morgan fingerprint density at radius 1 is 1.18 bits per heavy atom. The number of hydrogen-bond donors (Lipinski definition) is 1. The number of carboxylic acids is 1. The van der Waals surface area contributed by atoms with E-state index < -0.39 is 11.8 Å². The van der Waals surface area contributed by atoms with Crippen LogP contribution in [0.4, 0.5) is 4.39 Å². The Morgan fingerprint density at radius 3 is 2.79 bits per heavy atom. The summed E-state index contributed by atoms with van der Waals surface area (Å²) in [7, 11) is 0. The average Bonchev–Trinajstić information content (AvgIpc) is 3.34. The molecule has 4 rings (SSSR count). The zero-order chi connectivity index (χ0) is 19.7. The first-order chi connectivity index (χ1) is 13.5. The van der Waals surface area contributed by atoms with Crippen LogP contribution in [0.25, 0.3) is 22.8 Å². The molecule has 2 aromatic heterocycles. The van der Waals surface area contributed by atoms with Crippen molar-refractivity contribution in [2.45, 2.75) is 6.42 Å². The molecule has 0 bridgehead atoms. The van der Waals surface area contributed by atoms with Crippen LogP contribution in [0, 0.1) is 5.82 Å².